The Bertz CT molecular complexity index is 877. The molecule has 2 N–H and O–H groups in total. The molecule has 0 spiro atoms. The molecule has 146 valence electrons. The highest BCUT2D eigenvalue weighted by Crippen LogP contribution is 2.21. The molecule has 1 saturated heterocycles. The summed E-state index contributed by atoms with van der Waals surface area (Å²) in [4.78, 5) is 38.2. The molecule has 0 atom stereocenters. The van der Waals surface area contributed by atoms with Gasteiger partial charge in [0.15, 0.2) is 6.54 Å². The zero-order valence-electron chi connectivity index (χ0n) is 15.7. The second-order valence-corrected chi connectivity index (χ2v) is 6.89. The van der Waals surface area contributed by atoms with Crippen molar-refractivity contribution >= 4 is 23.2 Å². The van der Waals surface area contributed by atoms with Crippen molar-refractivity contribution in [2.45, 2.75) is 6.92 Å². The molecule has 0 bridgehead atoms. The van der Waals surface area contributed by atoms with Crippen LogP contribution in [0.4, 0.5) is 11.4 Å². The van der Waals surface area contributed by atoms with Gasteiger partial charge in [0.2, 0.25) is 0 Å². The van der Waals surface area contributed by atoms with E-state index in [0.717, 1.165) is 10.5 Å². The lowest BCUT2D eigenvalue weighted by Gasteiger charge is -2.32. The van der Waals surface area contributed by atoms with Crippen LogP contribution in [0.5, 0.6) is 0 Å². The predicted octanol–water partition coefficient (Wildman–Crippen LogP) is 0.883. The van der Waals surface area contributed by atoms with Crippen molar-refractivity contribution in [3.63, 3.8) is 0 Å². The van der Waals surface area contributed by atoms with E-state index in [1.165, 1.54) is 12.1 Å². The number of aryl methyl sites for hydroxylation is 1. The number of hydrogen-bond acceptors (Lipinski definition) is 4. The number of anilines is 1. The first-order valence-corrected chi connectivity index (χ1v) is 9.17. The number of nitrogens with zero attached hydrogens (tertiary/aromatic N) is 2. The molecular formula is C20H23N4O4+. The molecule has 2 aromatic carbocycles. The maximum Gasteiger partial charge on any atom is 0.279 e. The van der Waals surface area contributed by atoms with E-state index in [1.54, 1.807) is 30.0 Å². The van der Waals surface area contributed by atoms with Gasteiger partial charge in [-0.15, -0.1) is 0 Å². The zero-order valence-corrected chi connectivity index (χ0v) is 15.7. The number of nitrogens with one attached hydrogen (secondary N) is 2. The number of piperazine rings is 1. The summed E-state index contributed by atoms with van der Waals surface area (Å²) in [5.41, 5.74) is 1.84. The van der Waals surface area contributed by atoms with Gasteiger partial charge < -0.3 is 15.1 Å². The first kappa shape index (κ1) is 19.5. The van der Waals surface area contributed by atoms with Crippen LogP contribution < -0.4 is 10.2 Å². The van der Waals surface area contributed by atoms with Crippen molar-refractivity contribution in [2.24, 2.45) is 0 Å². The smallest absolute Gasteiger partial charge is 0.279 e. The Labute approximate surface area is 162 Å². The standard InChI is InChI=1S/C20H22N4O4/c1-15-7-8-17(24(27)28)13-18(15)21-19(25)14-22-9-11-23(12-10-22)20(26)16-5-3-2-4-6-16/h2-8,13H,9-12,14H2,1H3,(H,21,25)/p+1. The average Bonchev–Trinajstić information content (AvgIpc) is 2.70. The van der Waals surface area contributed by atoms with Crippen LogP contribution in [-0.4, -0.2) is 54.4 Å². The second kappa shape index (κ2) is 8.62. The Morgan fingerprint density at radius 3 is 2.46 bits per heavy atom. The van der Waals surface area contributed by atoms with Crippen LogP contribution in [-0.2, 0) is 4.79 Å². The van der Waals surface area contributed by atoms with E-state index < -0.39 is 4.92 Å². The van der Waals surface area contributed by atoms with E-state index in [0.29, 0.717) is 37.4 Å². The molecule has 0 saturated carbocycles. The molecule has 2 aromatic rings. The van der Waals surface area contributed by atoms with Gasteiger partial charge in [-0.05, 0) is 24.6 Å². The monoisotopic (exact) mass is 383 g/mol. The van der Waals surface area contributed by atoms with Gasteiger partial charge in [-0.25, -0.2) is 0 Å². The number of quaternary nitrogens is 1. The first-order valence-electron chi connectivity index (χ1n) is 9.17. The van der Waals surface area contributed by atoms with Crippen molar-refractivity contribution in [3.8, 4) is 0 Å². The Hall–Kier alpha value is -3.26. The SMILES string of the molecule is Cc1ccc([N+](=O)[O-])cc1NC(=O)C[NH+]1CCN(C(=O)c2ccccc2)CC1. The van der Waals surface area contributed by atoms with Crippen LogP contribution >= 0.6 is 0 Å². The maximum absolute atomic E-state index is 12.5. The highest BCUT2D eigenvalue weighted by molar-refractivity contribution is 5.94. The molecule has 2 amide bonds. The number of carbonyl (C=O) groups excluding carboxylic acids is 2. The van der Waals surface area contributed by atoms with E-state index in [-0.39, 0.29) is 24.0 Å². The minimum atomic E-state index is -0.483. The summed E-state index contributed by atoms with van der Waals surface area (Å²) in [5, 5.41) is 13.7. The Morgan fingerprint density at radius 2 is 1.82 bits per heavy atom. The summed E-state index contributed by atoms with van der Waals surface area (Å²) in [6.07, 6.45) is 0. The van der Waals surface area contributed by atoms with Crippen LogP contribution in [0, 0.1) is 17.0 Å². The van der Waals surface area contributed by atoms with Gasteiger partial charge in [-0.1, -0.05) is 24.3 Å². The normalized spacial score (nSPS) is 14.5. The molecule has 8 nitrogen and oxygen atoms in total. The van der Waals surface area contributed by atoms with Gasteiger partial charge in [0.05, 0.1) is 36.8 Å². The highest BCUT2D eigenvalue weighted by Gasteiger charge is 2.26. The number of amides is 2. The summed E-state index contributed by atoms with van der Waals surface area (Å²) >= 11 is 0. The molecule has 0 radical (unpaired) electrons. The van der Waals surface area contributed by atoms with Crippen molar-refractivity contribution in [2.75, 3.05) is 38.0 Å². The predicted molar refractivity (Wildman–Crippen MR) is 104 cm³/mol. The van der Waals surface area contributed by atoms with Crippen molar-refractivity contribution in [1.82, 2.24) is 4.90 Å². The number of benzene rings is 2. The number of carbonyl (C=O) groups is 2. The van der Waals surface area contributed by atoms with Gasteiger partial charge in [0.25, 0.3) is 17.5 Å². The minimum Gasteiger partial charge on any atom is -0.327 e. The van der Waals surface area contributed by atoms with Crippen molar-refractivity contribution in [1.29, 1.82) is 0 Å². The summed E-state index contributed by atoms with van der Waals surface area (Å²) in [6, 6.07) is 13.6. The summed E-state index contributed by atoms with van der Waals surface area (Å²) < 4.78 is 0. The Balaban J connectivity index is 1.52. The lowest BCUT2D eigenvalue weighted by molar-refractivity contribution is -0.895. The second-order valence-electron chi connectivity index (χ2n) is 6.89. The Kier molecular flexibility index (Phi) is 6.00. The third-order valence-electron chi connectivity index (χ3n) is 4.90. The topological polar surface area (TPSA) is 97.0 Å². The van der Waals surface area contributed by atoms with E-state index in [2.05, 4.69) is 5.32 Å². The van der Waals surface area contributed by atoms with E-state index >= 15 is 0 Å². The van der Waals surface area contributed by atoms with Gasteiger partial charge in [0.1, 0.15) is 0 Å². The summed E-state index contributed by atoms with van der Waals surface area (Å²) in [5.74, 6) is -0.183. The van der Waals surface area contributed by atoms with E-state index in [4.69, 9.17) is 0 Å². The van der Waals surface area contributed by atoms with Crippen LogP contribution in [0.2, 0.25) is 0 Å². The lowest BCUT2D eigenvalue weighted by Crippen LogP contribution is -3.15. The van der Waals surface area contributed by atoms with E-state index in [1.807, 2.05) is 18.2 Å². The van der Waals surface area contributed by atoms with Gasteiger partial charge >= 0.3 is 0 Å². The number of rotatable bonds is 5. The molecule has 0 aromatic heterocycles. The van der Waals surface area contributed by atoms with Gasteiger partial charge in [0, 0.05) is 17.7 Å². The molecule has 0 aliphatic carbocycles. The number of nitro groups is 1. The Morgan fingerprint density at radius 1 is 1.14 bits per heavy atom. The molecule has 1 aliphatic heterocycles. The molecule has 28 heavy (non-hydrogen) atoms. The van der Waals surface area contributed by atoms with Crippen molar-refractivity contribution in [3.05, 3.63) is 69.8 Å². The number of non-ortho nitro benzene ring substituents is 1. The maximum atomic E-state index is 12.5. The molecule has 3 rings (SSSR count). The molecular weight excluding hydrogens is 360 g/mol. The highest BCUT2D eigenvalue weighted by atomic mass is 16.6. The summed E-state index contributed by atoms with van der Waals surface area (Å²) in [7, 11) is 0. The largest absolute Gasteiger partial charge is 0.327 e. The quantitative estimate of drug-likeness (QED) is 0.592. The fraction of sp³-hybridized carbons (Fsp3) is 0.300. The fourth-order valence-corrected chi connectivity index (χ4v) is 3.25. The van der Waals surface area contributed by atoms with Crippen molar-refractivity contribution < 1.29 is 19.4 Å². The summed E-state index contributed by atoms with van der Waals surface area (Å²) in [6.45, 7) is 4.59. The number of nitro benzene ring substituents is 1. The van der Waals surface area contributed by atoms with Gasteiger partial charge in [-0.3, -0.25) is 19.7 Å². The average molecular weight is 383 g/mol. The fourth-order valence-electron chi connectivity index (χ4n) is 3.25. The molecule has 8 heteroatoms. The molecule has 1 aliphatic rings. The molecule has 1 heterocycles. The first-order chi connectivity index (χ1) is 13.4. The lowest BCUT2D eigenvalue weighted by atomic mass is 10.1. The third-order valence-corrected chi connectivity index (χ3v) is 4.90. The van der Waals surface area contributed by atoms with Gasteiger partial charge in [-0.2, -0.15) is 0 Å². The minimum absolute atomic E-state index is 0.0105. The van der Waals surface area contributed by atoms with Crippen LogP contribution in [0.3, 0.4) is 0 Å². The third kappa shape index (κ3) is 4.72. The van der Waals surface area contributed by atoms with Crippen LogP contribution in [0.1, 0.15) is 15.9 Å². The van der Waals surface area contributed by atoms with Crippen LogP contribution in [0.25, 0.3) is 0 Å². The molecule has 1 fully saturated rings. The number of hydrogen-bond donors (Lipinski definition) is 2. The zero-order chi connectivity index (χ0) is 20.1. The van der Waals surface area contributed by atoms with Crippen LogP contribution in [0.15, 0.2) is 48.5 Å². The molecule has 0 unspecified atom stereocenters. The van der Waals surface area contributed by atoms with E-state index in [9.17, 15) is 19.7 Å².